The maximum atomic E-state index is 5.57. The molecule has 2 N–H and O–H groups in total. The Kier molecular flexibility index (Phi) is 9.24. The molecule has 0 radical (unpaired) electrons. The first-order valence-electron chi connectivity index (χ1n) is 9.91. The van der Waals surface area contributed by atoms with Crippen LogP contribution in [-0.4, -0.2) is 71.1 Å². The lowest BCUT2D eigenvalue weighted by Gasteiger charge is -2.48. The molecule has 0 atom stereocenters. The van der Waals surface area contributed by atoms with Crippen molar-refractivity contribution in [3.8, 4) is 0 Å². The zero-order valence-electron chi connectivity index (χ0n) is 16.6. The highest BCUT2D eigenvalue weighted by Gasteiger charge is 2.38. The minimum Gasteiger partial charge on any atom is -0.379 e. The highest BCUT2D eigenvalue weighted by atomic mass is 127. The summed E-state index contributed by atoms with van der Waals surface area (Å²) in [5.74, 6) is 1.75. The number of nitrogens with zero attached hydrogens (tertiary/aromatic N) is 5. The van der Waals surface area contributed by atoms with Gasteiger partial charge in [0.15, 0.2) is 11.8 Å². The third-order valence-electron chi connectivity index (χ3n) is 5.73. The Balaban J connectivity index is 0.00000261. The van der Waals surface area contributed by atoms with Crippen LogP contribution in [0.3, 0.4) is 0 Å². The zero-order valence-corrected chi connectivity index (χ0v) is 18.9. The van der Waals surface area contributed by atoms with E-state index in [2.05, 4.69) is 37.6 Å². The number of hydrogen-bond donors (Lipinski definition) is 2. The van der Waals surface area contributed by atoms with Crippen LogP contribution in [0.5, 0.6) is 0 Å². The fraction of sp³-hybridized carbons (Fsp3) is 0.833. The molecule has 1 aliphatic carbocycles. The average molecular weight is 491 g/mol. The number of aryl methyl sites for hydroxylation is 1. The van der Waals surface area contributed by atoms with Crippen molar-refractivity contribution in [1.29, 1.82) is 0 Å². The first kappa shape index (κ1) is 22.4. The molecule has 1 saturated carbocycles. The quantitative estimate of drug-likeness (QED) is 0.358. The Bertz CT molecular complexity index is 580. The molecule has 0 aromatic carbocycles. The van der Waals surface area contributed by atoms with Gasteiger partial charge in [-0.05, 0) is 19.8 Å². The van der Waals surface area contributed by atoms with E-state index in [0.717, 1.165) is 51.2 Å². The lowest BCUT2D eigenvalue weighted by molar-refractivity contribution is -0.0352. The molecule has 9 heteroatoms. The molecule has 8 nitrogen and oxygen atoms in total. The normalized spacial score (nSPS) is 20.7. The number of aromatic nitrogens is 3. The molecule has 3 rings (SSSR count). The van der Waals surface area contributed by atoms with Gasteiger partial charge in [-0.1, -0.05) is 19.3 Å². The van der Waals surface area contributed by atoms with Crippen LogP contribution in [0, 0.1) is 0 Å². The van der Waals surface area contributed by atoms with Crippen LogP contribution in [-0.2, 0) is 17.8 Å². The predicted octanol–water partition coefficient (Wildman–Crippen LogP) is 1.62. The predicted molar refractivity (Wildman–Crippen MR) is 118 cm³/mol. The van der Waals surface area contributed by atoms with Crippen LogP contribution in [0.4, 0.5) is 0 Å². The smallest absolute Gasteiger partial charge is 0.191 e. The third-order valence-corrected chi connectivity index (χ3v) is 5.73. The highest BCUT2D eigenvalue weighted by molar-refractivity contribution is 14.0. The molecule has 0 unspecified atom stereocenters. The van der Waals surface area contributed by atoms with Crippen molar-refractivity contribution in [3.63, 3.8) is 0 Å². The summed E-state index contributed by atoms with van der Waals surface area (Å²) in [4.78, 5) is 7.04. The number of aliphatic imine (C=N–C) groups is 1. The summed E-state index contributed by atoms with van der Waals surface area (Å²) >= 11 is 0. The van der Waals surface area contributed by atoms with Gasteiger partial charge in [-0.15, -0.1) is 34.2 Å². The maximum absolute atomic E-state index is 5.57. The van der Waals surface area contributed by atoms with Crippen molar-refractivity contribution in [1.82, 2.24) is 30.3 Å². The second kappa shape index (κ2) is 11.2. The SMILES string of the molecule is CCn1cnnc1CNC(=NC)NCC1(N2CCOCC2)CCCCC1.I. The Labute approximate surface area is 179 Å². The van der Waals surface area contributed by atoms with Gasteiger partial charge < -0.3 is 19.9 Å². The van der Waals surface area contributed by atoms with Gasteiger partial charge in [0.1, 0.15) is 6.33 Å². The number of halogens is 1. The molecular formula is C18H34IN7O. The lowest BCUT2D eigenvalue weighted by Crippen LogP contribution is -2.60. The summed E-state index contributed by atoms with van der Waals surface area (Å²) in [6.07, 6.45) is 8.24. The van der Waals surface area contributed by atoms with Crippen molar-refractivity contribution in [3.05, 3.63) is 12.2 Å². The van der Waals surface area contributed by atoms with Crippen molar-refractivity contribution in [2.45, 2.75) is 57.7 Å². The molecule has 0 bridgehead atoms. The number of ether oxygens (including phenoxy) is 1. The Morgan fingerprint density at radius 3 is 2.63 bits per heavy atom. The topological polar surface area (TPSA) is 79.6 Å². The maximum Gasteiger partial charge on any atom is 0.191 e. The fourth-order valence-corrected chi connectivity index (χ4v) is 4.16. The second-order valence-corrected chi connectivity index (χ2v) is 7.20. The lowest BCUT2D eigenvalue weighted by atomic mass is 9.80. The molecule has 154 valence electrons. The molecule has 1 aromatic heterocycles. The number of rotatable bonds is 6. The van der Waals surface area contributed by atoms with Crippen LogP contribution >= 0.6 is 24.0 Å². The second-order valence-electron chi connectivity index (χ2n) is 7.20. The molecule has 1 aromatic rings. The van der Waals surface area contributed by atoms with E-state index in [1.807, 2.05) is 11.6 Å². The average Bonchev–Trinajstić information content (AvgIpc) is 3.17. The van der Waals surface area contributed by atoms with E-state index in [-0.39, 0.29) is 29.5 Å². The van der Waals surface area contributed by atoms with Crippen LogP contribution < -0.4 is 10.6 Å². The van der Waals surface area contributed by atoms with Crippen LogP contribution in [0.1, 0.15) is 44.9 Å². The first-order chi connectivity index (χ1) is 12.8. The molecule has 1 saturated heterocycles. The van der Waals surface area contributed by atoms with Gasteiger partial charge in [0.05, 0.1) is 19.8 Å². The standard InChI is InChI=1S/C18H33N7O.HI/c1-3-24-15-22-23-16(24)13-20-17(19-2)21-14-18(7-5-4-6-8-18)25-9-11-26-12-10-25;/h15H,3-14H2,1-2H3,(H2,19,20,21);1H. The minimum absolute atomic E-state index is 0. The number of guanidine groups is 1. The number of morpholine rings is 1. The Hall–Kier alpha value is -0.940. The molecule has 0 amide bonds. The van der Waals surface area contributed by atoms with E-state index < -0.39 is 0 Å². The van der Waals surface area contributed by atoms with Gasteiger partial charge in [0, 0.05) is 38.8 Å². The number of nitrogens with one attached hydrogen (secondary N) is 2. The monoisotopic (exact) mass is 491 g/mol. The summed E-state index contributed by atoms with van der Waals surface area (Å²) in [5, 5.41) is 15.1. The largest absolute Gasteiger partial charge is 0.379 e. The van der Waals surface area contributed by atoms with E-state index in [1.165, 1.54) is 32.1 Å². The fourth-order valence-electron chi connectivity index (χ4n) is 4.16. The summed E-state index contributed by atoms with van der Waals surface area (Å²) in [6, 6.07) is 0. The summed E-state index contributed by atoms with van der Waals surface area (Å²) < 4.78 is 7.61. The van der Waals surface area contributed by atoms with E-state index in [9.17, 15) is 0 Å². The van der Waals surface area contributed by atoms with E-state index in [0.29, 0.717) is 6.54 Å². The van der Waals surface area contributed by atoms with Crippen LogP contribution in [0.15, 0.2) is 11.3 Å². The van der Waals surface area contributed by atoms with Gasteiger partial charge in [0.2, 0.25) is 0 Å². The van der Waals surface area contributed by atoms with Crippen LogP contribution in [0.2, 0.25) is 0 Å². The van der Waals surface area contributed by atoms with Crippen molar-refractivity contribution in [2.75, 3.05) is 39.9 Å². The zero-order chi connectivity index (χ0) is 18.2. The molecule has 2 aliphatic rings. The third kappa shape index (κ3) is 5.77. The molecule has 1 aliphatic heterocycles. The molecule has 2 fully saturated rings. The van der Waals surface area contributed by atoms with Gasteiger partial charge in [-0.25, -0.2) is 0 Å². The first-order valence-corrected chi connectivity index (χ1v) is 9.91. The summed E-state index contributed by atoms with van der Waals surface area (Å²) in [5.41, 5.74) is 0.225. The van der Waals surface area contributed by atoms with Gasteiger partial charge >= 0.3 is 0 Å². The Morgan fingerprint density at radius 1 is 1.22 bits per heavy atom. The summed E-state index contributed by atoms with van der Waals surface area (Å²) in [6.45, 7) is 8.28. The van der Waals surface area contributed by atoms with Crippen molar-refractivity contribution >= 4 is 29.9 Å². The minimum atomic E-state index is 0. The molecule has 0 spiro atoms. The van der Waals surface area contributed by atoms with E-state index >= 15 is 0 Å². The van der Waals surface area contributed by atoms with Crippen LogP contribution in [0.25, 0.3) is 0 Å². The van der Waals surface area contributed by atoms with Crippen molar-refractivity contribution < 1.29 is 4.74 Å². The number of hydrogen-bond acceptors (Lipinski definition) is 5. The van der Waals surface area contributed by atoms with Gasteiger partial charge in [-0.3, -0.25) is 9.89 Å². The summed E-state index contributed by atoms with van der Waals surface area (Å²) in [7, 11) is 1.82. The van der Waals surface area contributed by atoms with Gasteiger partial charge in [-0.2, -0.15) is 0 Å². The van der Waals surface area contributed by atoms with E-state index in [4.69, 9.17) is 4.74 Å². The van der Waals surface area contributed by atoms with Gasteiger partial charge in [0.25, 0.3) is 0 Å². The molecule has 2 heterocycles. The molecular weight excluding hydrogens is 457 g/mol. The Morgan fingerprint density at radius 2 is 1.96 bits per heavy atom. The molecule has 27 heavy (non-hydrogen) atoms. The highest BCUT2D eigenvalue weighted by Crippen LogP contribution is 2.33. The van der Waals surface area contributed by atoms with Crippen molar-refractivity contribution in [2.24, 2.45) is 4.99 Å². The van der Waals surface area contributed by atoms with E-state index in [1.54, 1.807) is 6.33 Å².